The number of hydrogen-bond donors (Lipinski definition) is 2. The third kappa shape index (κ3) is 5.40. The summed E-state index contributed by atoms with van der Waals surface area (Å²) >= 11 is 3.27. The maximum absolute atomic E-state index is 13.7. The Labute approximate surface area is 139 Å². The van der Waals surface area contributed by atoms with E-state index < -0.39 is 6.17 Å². The van der Waals surface area contributed by atoms with Gasteiger partial charge in [0.25, 0.3) is 0 Å². The third-order valence-corrected chi connectivity index (χ3v) is 5.19. The number of likely N-dealkylation sites (tertiary alicyclic amines) is 1. The monoisotopic (exact) mass is 346 g/mol. The number of carbonyl (C=O) groups excluding carboxylic acids is 1. The molecule has 2 heterocycles. The number of halogens is 1. The summed E-state index contributed by atoms with van der Waals surface area (Å²) in [5.74, 6) is 0.875. The maximum Gasteiger partial charge on any atom is 0.315 e. The molecule has 1 saturated heterocycles. The van der Waals surface area contributed by atoms with Gasteiger partial charge in [-0.2, -0.15) is 11.8 Å². The third-order valence-electron chi connectivity index (χ3n) is 3.59. The number of thioether (sulfide) groups is 1. The maximum atomic E-state index is 13.7. The molecule has 1 aromatic rings. The van der Waals surface area contributed by atoms with Crippen molar-refractivity contribution >= 4 is 29.1 Å². The molecule has 0 radical (unpaired) electrons. The number of nitrogens with zero attached hydrogens (tertiary/aromatic N) is 2. The number of hydrogen-bond acceptors (Lipinski definition) is 5. The molecule has 0 saturated carbocycles. The van der Waals surface area contributed by atoms with Gasteiger partial charge in [-0.05, 0) is 19.6 Å². The minimum Gasteiger partial charge on any atom is -0.337 e. The van der Waals surface area contributed by atoms with Gasteiger partial charge in [0.15, 0.2) is 0 Å². The van der Waals surface area contributed by atoms with Crippen molar-refractivity contribution in [1.82, 2.24) is 20.5 Å². The second-order valence-electron chi connectivity index (χ2n) is 5.55. The molecule has 2 N–H and O–H groups in total. The van der Waals surface area contributed by atoms with Gasteiger partial charge in [0, 0.05) is 42.5 Å². The first-order valence-corrected chi connectivity index (χ1v) is 9.65. The van der Waals surface area contributed by atoms with E-state index in [0.29, 0.717) is 26.1 Å². The lowest BCUT2D eigenvalue weighted by Crippen LogP contribution is -2.46. The number of nitrogens with one attached hydrogen (secondary N) is 2. The van der Waals surface area contributed by atoms with Gasteiger partial charge in [0.05, 0.1) is 6.54 Å². The van der Waals surface area contributed by atoms with Crippen LogP contribution in [-0.4, -0.2) is 59.3 Å². The van der Waals surface area contributed by atoms with Gasteiger partial charge >= 0.3 is 6.03 Å². The Morgan fingerprint density at radius 2 is 2.50 bits per heavy atom. The molecule has 1 aliphatic rings. The summed E-state index contributed by atoms with van der Waals surface area (Å²) < 4.78 is 13.7. The highest BCUT2D eigenvalue weighted by Gasteiger charge is 2.32. The van der Waals surface area contributed by atoms with Gasteiger partial charge in [0.2, 0.25) is 0 Å². The number of amides is 2. The van der Waals surface area contributed by atoms with Crippen LogP contribution in [0.4, 0.5) is 9.18 Å². The minimum atomic E-state index is -0.828. The fraction of sp³-hybridized carbons (Fsp3) is 0.714. The van der Waals surface area contributed by atoms with Crippen LogP contribution in [0.5, 0.6) is 0 Å². The van der Waals surface area contributed by atoms with Crippen LogP contribution >= 0.6 is 23.1 Å². The van der Waals surface area contributed by atoms with Gasteiger partial charge in [-0.3, -0.25) is 4.90 Å². The Morgan fingerprint density at radius 3 is 3.18 bits per heavy atom. The van der Waals surface area contributed by atoms with E-state index >= 15 is 0 Å². The lowest BCUT2D eigenvalue weighted by atomic mass is 10.2. The van der Waals surface area contributed by atoms with Crippen molar-refractivity contribution in [2.75, 3.05) is 25.1 Å². The average molecular weight is 346 g/mol. The topological polar surface area (TPSA) is 57.3 Å². The summed E-state index contributed by atoms with van der Waals surface area (Å²) in [4.78, 5) is 18.1. The Bertz CT molecular complexity index is 460. The largest absolute Gasteiger partial charge is 0.337 e. The van der Waals surface area contributed by atoms with E-state index in [2.05, 4.69) is 20.5 Å². The molecular formula is C14H23FN4OS2. The lowest BCUT2D eigenvalue weighted by Gasteiger charge is -2.23. The van der Waals surface area contributed by atoms with Crippen molar-refractivity contribution in [2.45, 2.75) is 38.1 Å². The van der Waals surface area contributed by atoms with E-state index in [1.54, 1.807) is 29.3 Å². The fourth-order valence-electron chi connectivity index (χ4n) is 2.61. The predicted octanol–water partition coefficient (Wildman–Crippen LogP) is 2.11. The highest BCUT2D eigenvalue weighted by Crippen LogP contribution is 2.22. The van der Waals surface area contributed by atoms with Gasteiger partial charge < -0.3 is 10.6 Å². The van der Waals surface area contributed by atoms with Crippen LogP contribution in [0.15, 0.2) is 11.6 Å². The van der Waals surface area contributed by atoms with Crippen molar-refractivity contribution in [2.24, 2.45) is 0 Å². The van der Waals surface area contributed by atoms with Gasteiger partial charge in [0.1, 0.15) is 11.2 Å². The van der Waals surface area contributed by atoms with E-state index in [1.807, 2.05) is 18.6 Å². The smallest absolute Gasteiger partial charge is 0.315 e. The van der Waals surface area contributed by atoms with Crippen molar-refractivity contribution in [1.29, 1.82) is 0 Å². The van der Waals surface area contributed by atoms with Crippen LogP contribution < -0.4 is 10.6 Å². The number of thiazole rings is 1. The zero-order chi connectivity index (χ0) is 15.9. The van der Waals surface area contributed by atoms with Crippen LogP contribution in [-0.2, 0) is 6.54 Å². The summed E-state index contributed by atoms with van der Waals surface area (Å²) in [6, 6.07) is -0.0301. The van der Waals surface area contributed by atoms with Crippen LogP contribution in [0.3, 0.4) is 0 Å². The molecule has 0 aromatic carbocycles. The standard InChI is InChI=1S/C14H23FN4OS2/c1-10(9-21-2)18-14(20)17-6-12-5-11(15)7-19(12)8-13-16-3-4-22-13/h3-4,10-12H,5-9H2,1-2H3,(H2,17,18,20)/t10-,11+,12+/m1/s1. The molecule has 1 aliphatic heterocycles. The quantitative estimate of drug-likeness (QED) is 0.794. The van der Waals surface area contributed by atoms with E-state index in [0.717, 1.165) is 10.8 Å². The molecule has 0 unspecified atom stereocenters. The number of urea groups is 1. The number of rotatable bonds is 7. The Morgan fingerprint density at radius 1 is 1.68 bits per heavy atom. The van der Waals surface area contributed by atoms with Crippen LogP contribution in [0, 0.1) is 0 Å². The van der Waals surface area contributed by atoms with Crippen molar-refractivity contribution in [3.05, 3.63) is 16.6 Å². The van der Waals surface area contributed by atoms with Crippen molar-refractivity contribution in [3.63, 3.8) is 0 Å². The van der Waals surface area contributed by atoms with Gasteiger partial charge in [-0.25, -0.2) is 14.2 Å². The molecule has 0 spiro atoms. The number of carbonyl (C=O) groups is 1. The molecule has 1 fully saturated rings. The van der Waals surface area contributed by atoms with Crippen molar-refractivity contribution < 1.29 is 9.18 Å². The molecule has 2 rings (SSSR count). The zero-order valence-electron chi connectivity index (χ0n) is 12.9. The van der Waals surface area contributed by atoms with Crippen LogP contribution in [0.2, 0.25) is 0 Å². The molecule has 3 atom stereocenters. The molecular weight excluding hydrogens is 323 g/mol. The summed E-state index contributed by atoms with van der Waals surface area (Å²) in [5.41, 5.74) is 0. The molecule has 124 valence electrons. The molecule has 1 aromatic heterocycles. The van der Waals surface area contributed by atoms with Gasteiger partial charge in [-0.15, -0.1) is 11.3 Å². The van der Waals surface area contributed by atoms with E-state index in [9.17, 15) is 9.18 Å². The Balaban J connectivity index is 1.78. The highest BCUT2D eigenvalue weighted by atomic mass is 32.2. The minimum absolute atomic E-state index is 0.0282. The second-order valence-corrected chi connectivity index (χ2v) is 7.44. The number of aromatic nitrogens is 1. The van der Waals surface area contributed by atoms with E-state index in [4.69, 9.17) is 0 Å². The molecule has 8 heteroatoms. The molecule has 2 amide bonds. The van der Waals surface area contributed by atoms with Gasteiger partial charge in [-0.1, -0.05) is 0 Å². The Hall–Kier alpha value is -0.860. The summed E-state index contributed by atoms with van der Waals surface area (Å²) in [6.45, 7) is 3.49. The molecule has 22 heavy (non-hydrogen) atoms. The average Bonchev–Trinajstić information content (AvgIpc) is 3.07. The first-order valence-electron chi connectivity index (χ1n) is 7.38. The van der Waals surface area contributed by atoms with Crippen LogP contribution in [0.1, 0.15) is 18.4 Å². The highest BCUT2D eigenvalue weighted by molar-refractivity contribution is 7.98. The van der Waals surface area contributed by atoms with Crippen molar-refractivity contribution in [3.8, 4) is 0 Å². The molecule has 0 bridgehead atoms. The predicted molar refractivity (Wildman–Crippen MR) is 90.2 cm³/mol. The summed E-state index contributed by atoms with van der Waals surface area (Å²) in [7, 11) is 0. The summed E-state index contributed by atoms with van der Waals surface area (Å²) in [5, 5.41) is 8.65. The van der Waals surface area contributed by atoms with E-state index in [1.165, 1.54) is 0 Å². The molecule has 5 nitrogen and oxygen atoms in total. The van der Waals surface area contributed by atoms with Crippen LogP contribution in [0.25, 0.3) is 0 Å². The fourth-order valence-corrected chi connectivity index (χ4v) is 3.83. The SMILES string of the molecule is CSC[C@@H](C)NC(=O)NC[C@@H]1C[C@H](F)CN1Cc1nccs1. The zero-order valence-corrected chi connectivity index (χ0v) is 14.6. The first kappa shape index (κ1) is 17.5. The summed E-state index contributed by atoms with van der Waals surface area (Å²) in [6.07, 6.45) is 3.40. The second kappa shape index (κ2) is 8.69. The normalized spacial score (nSPS) is 23.4. The lowest BCUT2D eigenvalue weighted by molar-refractivity contribution is 0.218. The molecule has 0 aliphatic carbocycles. The first-order chi connectivity index (χ1) is 10.6. The number of alkyl halides is 1. The Kier molecular flexibility index (Phi) is 6.91. The van der Waals surface area contributed by atoms with E-state index in [-0.39, 0.29) is 18.1 Å².